The van der Waals surface area contributed by atoms with Gasteiger partial charge in [0.15, 0.2) is 0 Å². The van der Waals surface area contributed by atoms with Crippen LogP contribution in [0.4, 0.5) is 0 Å². The zero-order valence-corrected chi connectivity index (χ0v) is 13.2. The van der Waals surface area contributed by atoms with Crippen LogP contribution >= 0.6 is 15.9 Å². The number of alkyl halides is 1. The second-order valence-corrected chi connectivity index (χ2v) is 7.28. The average Bonchev–Trinajstić information content (AvgIpc) is 2.34. The summed E-state index contributed by atoms with van der Waals surface area (Å²) in [6.45, 7) is 4.33. The first kappa shape index (κ1) is 15.7. The van der Waals surface area contributed by atoms with Gasteiger partial charge >= 0.3 is 0 Å². The van der Waals surface area contributed by atoms with Gasteiger partial charge in [0.1, 0.15) is 0 Å². The van der Waals surface area contributed by atoms with Crippen molar-refractivity contribution in [3.8, 4) is 0 Å². The van der Waals surface area contributed by atoms with Crippen LogP contribution in [0.2, 0.25) is 0 Å². The molecule has 0 spiro atoms. The summed E-state index contributed by atoms with van der Waals surface area (Å²) in [6.07, 6.45) is 0.564. The summed E-state index contributed by atoms with van der Waals surface area (Å²) in [7, 11) is -3.18. The number of halogens is 1. The molecule has 0 aliphatic rings. The Morgan fingerprint density at radius 2 is 1.83 bits per heavy atom. The van der Waals surface area contributed by atoms with E-state index in [0.29, 0.717) is 18.3 Å². The summed E-state index contributed by atoms with van der Waals surface area (Å²) in [5, 5.41) is 0.662. The van der Waals surface area contributed by atoms with Crippen LogP contribution in [0.15, 0.2) is 30.3 Å². The Morgan fingerprint density at radius 1 is 1.22 bits per heavy atom. The lowest BCUT2D eigenvalue weighted by atomic mass is 10.2. The first-order chi connectivity index (χ1) is 8.47. The summed E-state index contributed by atoms with van der Waals surface area (Å²) in [6, 6.07) is 9.72. The van der Waals surface area contributed by atoms with Gasteiger partial charge in [0.25, 0.3) is 0 Å². The molecule has 1 aromatic carbocycles. The van der Waals surface area contributed by atoms with Crippen molar-refractivity contribution in [3.63, 3.8) is 0 Å². The van der Waals surface area contributed by atoms with Crippen LogP contribution in [0, 0.1) is 0 Å². The van der Waals surface area contributed by atoms with Crippen molar-refractivity contribution in [2.75, 3.05) is 17.6 Å². The normalized spacial score (nSPS) is 12.3. The molecule has 1 aromatic rings. The number of sulfonamides is 1. The lowest BCUT2D eigenvalue weighted by molar-refractivity contribution is 0.372. The summed E-state index contributed by atoms with van der Waals surface area (Å²) in [5.41, 5.74) is 1.06. The Bertz CT molecular complexity index is 445. The molecule has 0 aliphatic heterocycles. The molecule has 0 bridgehead atoms. The average molecular weight is 334 g/mol. The minimum absolute atomic E-state index is 0.00308. The van der Waals surface area contributed by atoms with Gasteiger partial charge in [0.05, 0.1) is 5.75 Å². The molecule has 5 heteroatoms. The minimum atomic E-state index is -3.18. The molecule has 1 rings (SSSR count). The van der Waals surface area contributed by atoms with E-state index in [0.717, 1.165) is 5.56 Å². The third-order valence-corrected chi connectivity index (χ3v) is 5.12. The van der Waals surface area contributed by atoms with E-state index >= 15 is 0 Å². The number of hydrogen-bond acceptors (Lipinski definition) is 2. The van der Waals surface area contributed by atoms with Crippen molar-refractivity contribution in [1.29, 1.82) is 0 Å². The highest BCUT2D eigenvalue weighted by Gasteiger charge is 2.23. The molecule has 3 nitrogen and oxygen atoms in total. The van der Waals surface area contributed by atoms with E-state index in [-0.39, 0.29) is 11.8 Å². The molecule has 0 heterocycles. The van der Waals surface area contributed by atoms with Gasteiger partial charge in [-0.1, -0.05) is 46.3 Å². The van der Waals surface area contributed by atoms with E-state index in [2.05, 4.69) is 15.9 Å². The van der Waals surface area contributed by atoms with E-state index in [1.165, 1.54) is 0 Å². The Kier molecular flexibility index (Phi) is 6.32. The second-order valence-electron chi connectivity index (χ2n) is 4.45. The molecular formula is C13H20BrNO2S. The summed E-state index contributed by atoms with van der Waals surface area (Å²) in [4.78, 5) is 0. The smallest absolute Gasteiger partial charge is 0.212 e. The van der Waals surface area contributed by atoms with Crippen molar-refractivity contribution < 1.29 is 8.42 Å². The van der Waals surface area contributed by atoms with Crippen LogP contribution in [0.25, 0.3) is 0 Å². The fourth-order valence-corrected chi connectivity index (χ4v) is 4.17. The third-order valence-electron chi connectivity index (χ3n) is 2.73. The predicted octanol–water partition coefficient (Wildman–Crippen LogP) is 2.66. The fraction of sp³-hybridized carbons (Fsp3) is 0.538. The third kappa shape index (κ3) is 4.71. The highest BCUT2D eigenvalue weighted by atomic mass is 79.9. The van der Waals surface area contributed by atoms with Crippen LogP contribution in [-0.2, 0) is 16.4 Å². The summed E-state index contributed by atoms with van der Waals surface area (Å²) in [5.74, 6) is 0.169. The molecule has 0 amide bonds. The van der Waals surface area contributed by atoms with Crippen molar-refractivity contribution >= 4 is 26.0 Å². The van der Waals surface area contributed by atoms with E-state index in [9.17, 15) is 8.42 Å². The van der Waals surface area contributed by atoms with Crippen molar-refractivity contribution in [1.82, 2.24) is 4.31 Å². The SMILES string of the molecule is CC(C)N(CCBr)S(=O)(=O)CCc1ccccc1. The van der Waals surface area contributed by atoms with Crippen LogP contribution < -0.4 is 0 Å². The van der Waals surface area contributed by atoms with Gasteiger partial charge in [0, 0.05) is 17.9 Å². The van der Waals surface area contributed by atoms with Gasteiger partial charge in [-0.3, -0.25) is 0 Å². The number of aryl methyl sites for hydroxylation is 1. The maximum absolute atomic E-state index is 12.2. The van der Waals surface area contributed by atoms with E-state index in [1.54, 1.807) is 4.31 Å². The first-order valence-electron chi connectivity index (χ1n) is 6.07. The standard InChI is InChI=1S/C13H20BrNO2S/c1-12(2)15(10-9-14)18(16,17)11-8-13-6-4-3-5-7-13/h3-7,12H,8-11H2,1-2H3. The Balaban J connectivity index is 2.68. The second kappa shape index (κ2) is 7.26. The molecular weight excluding hydrogens is 314 g/mol. The summed E-state index contributed by atoms with van der Waals surface area (Å²) >= 11 is 3.30. The number of hydrogen-bond donors (Lipinski definition) is 0. The molecule has 0 saturated carbocycles. The molecule has 0 aliphatic carbocycles. The maximum Gasteiger partial charge on any atom is 0.214 e. The number of nitrogens with zero attached hydrogens (tertiary/aromatic N) is 1. The molecule has 0 saturated heterocycles. The molecule has 0 atom stereocenters. The highest BCUT2D eigenvalue weighted by molar-refractivity contribution is 9.09. The van der Waals surface area contributed by atoms with Gasteiger partial charge < -0.3 is 0 Å². The molecule has 0 radical (unpaired) electrons. The molecule has 0 unspecified atom stereocenters. The van der Waals surface area contributed by atoms with Gasteiger partial charge in [0.2, 0.25) is 10.0 Å². The van der Waals surface area contributed by atoms with Crippen molar-refractivity contribution in [2.45, 2.75) is 26.3 Å². The van der Waals surface area contributed by atoms with Crippen LogP contribution in [-0.4, -0.2) is 36.4 Å². The zero-order valence-electron chi connectivity index (χ0n) is 10.8. The number of rotatable bonds is 7. The van der Waals surface area contributed by atoms with Crippen molar-refractivity contribution in [3.05, 3.63) is 35.9 Å². The Labute approximate surface area is 118 Å². The number of benzene rings is 1. The quantitative estimate of drug-likeness (QED) is 0.719. The molecule has 102 valence electrons. The molecule has 18 heavy (non-hydrogen) atoms. The topological polar surface area (TPSA) is 37.4 Å². The molecule has 0 fully saturated rings. The largest absolute Gasteiger partial charge is 0.214 e. The predicted molar refractivity (Wildman–Crippen MR) is 79.6 cm³/mol. The highest BCUT2D eigenvalue weighted by Crippen LogP contribution is 2.11. The Morgan fingerprint density at radius 3 is 2.33 bits per heavy atom. The van der Waals surface area contributed by atoms with E-state index in [4.69, 9.17) is 0 Å². The van der Waals surface area contributed by atoms with Gasteiger partial charge in [-0.2, -0.15) is 4.31 Å². The van der Waals surface area contributed by atoms with E-state index < -0.39 is 10.0 Å². The lowest BCUT2D eigenvalue weighted by Gasteiger charge is -2.25. The van der Waals surface area contributed by atoms with Crippen LogP contribution in [0.1, 0.15) is 19.4 Å². The van der Waals surface area contributed by atoms with Crippen LogP contribution in [0.5, 0.6) is 0 Å². The van der Waals surface area contributed by atoms with E-state index in [1.807, 2.05) is 44.2 Å². The lowest BCUT2D eigenvalue weighted by Crippen LogP contribution is -2.40. The van der Waals surface area contributed by atoms with Gasteiger partial charge in [-0.05, 0) is 25.8 Å². The molecule has 0 N–H and O–H groups in total. The fourth-order valence-electron chi connectivity index (χ4n) is 1.81. The van der Waals surface area contributed by atoms with Gasteiger partial charge in [-0.15, -0.1) is 0 Å². The minimum Gasteiger partial charge on any atom is -0.212 e. The Hall–Kier alpha value is -0.390. The first-order valence-corrected chi connectivity index (χ1v) is 8.80. The summed E-state index contributed by atoms with van der Waals surface area (Å²) < 4.78 is 26.0. The monoisotopic (exact) mass is 333 g/mol. The van der Waals surface area contributed by atoms with Crippen molar-refractivity contribution in [2.24, 2.45) is 0 Å². The molecule has 0 aromatic heterocycles. The van der Waals surface area contributed by atoms with Gasteiger partial charge in [-0.25, -0.2) is 8.42 Å². The van der Waals surface area contributed by atoms with Crippen LogP contribution in [0.3, 0.4) is 0 Å². The maximum atomic E-state index is 12.2. The zero-order chi connectivity index (χ0) is 13.6.